The Kier molecular flexibility index (Phi) is 11.4. The first-order valence-corrected chi connectivity index (χ1v) is 14.8. The topological polar surface area (TPSA) is 73.3 Å². The zero-order valence-corrected chi connectivity index (χ0v) is 25.1. The monoisotopic (exact) mass is 541 g/mol. The summed E-state index contributed by atoms with van der Waals surface area (Å²) in [6, 6.07) is 5.93. The van der Waals surface area contributed by atoms with E-state index in [1.54, 1.807) is 0 Å². The Hall–Kier alpha value is -2.38. The van der Waals surface area contributed by atoms with Crippen molar-refractivity contribution in [3.8, 4) is 5.75 Å². The van der Waals surface area contributed by atoms with Crippen LogP contribution in [0, 0.1) is 11.3 Å². The van der Waals surface area contributed by atoms with Crippen molar-refractivity contribution in [3.63, 3.8) is 0 Å². The number of benzene rings is 1. The largest absolute Gasteiger partial charge is 0.493 e. The molecule has 1 aromatic carbocycles. The predicted octanol–water partition coefficient (Wildman–Crippen LogP) is 5.05. The van der Waals surface area contributed by atoms with Gasteiger partial charge in [0.25, 0.3) is 0 Å². The number of carboxylic acid groups (broad SMARTS) is 1. The molecule has 3 atom stereocenters. The third-order valence-electron chi connectivity index (χ3n) is 8.28. The Morgan fingerprint density at radius 3 is 2.54 bits per heavy atom. The molecule has 0 spiro atoms. The normalized spacial score (nSPS) is 21.5. The highest BCUT2D eigenvalue weighted by Gasteiger charge is 2.48. The van der Waals surface area contributed by atoms with Crippen molar-refractivity contribution in [1.82, 2.24) is 14.7 Å². The van der Waals surface area contributed by atoms with Crippen LogP contribution in [0.3, 0.4) is 0 Å². The first-order valence-electron chi connectivity index (χ1n) is 14.8. The summed E-state index contributed by atoms with van der Waals surface area (Å²) in [6.07, 6.45) is 9.78. The zero-order chi connectivity index (χ0) is 28.6. The lowest BCUT2D eigenvalue weighted by Gasteiger charge is -2.34. The van der Waals surface area contributed by atoms with Crippen LogP contribution in [0.4, 0.5) is 0 Å². The van der Waals surface area contributed by atoms with Gasteiger partial charge in [-0.3, -0.25) is 14.5 Å². The molecule has 1 fully saturated rings. The van der Waals surface area contributed by atoms with Crippen molar-refractivity contribution >= 4 is 11.9 Å². The molecular weight excluding hydrogens is 490 g/mol. The van der Waals surface area contributed by atoms with E-state index in [1.165, 1.54) is 0 Å². The Labute approximate surface area is 236 Å². The van der Waals surface area contributed by atoms with Crippen LogP contribution in [0.5, 0.6) is 5.75 Å². The average molecular weight is 542 g/mol. The van der Waals surface area contributed by atoms with E-state index in [2.05, 4.69) is 56.8 Å². The van der Waals surface area contributed by atoms with Gasteiger partial charge in [0.05, 0.1) is 19.1 Å². The molecule has 1 saturated heterocycles. The highest BCUT2D eigenvalue weighted by atomic mass is 16.5. The molecule has 2 aliphatic rings. The lowest BCUT2D eigenvalue weighted by atomic mass is 9.77. The minimum Gasteiger partial charge on any atom is -0.493 e. The summed E-state index contributed by atoms with van der Waals surface area (Å²) < 4.78 is 5.70. The fraction of sp³-hybridized carbons (Fsp3) is 0.688. The van der Waals surface area contributed by atoms with Crippen molar-refractivity contribution in [3.05, 3.63) is 41.5 Å². The van der Waals surface area contributed by atoms with Crippen LogP contribution in [-0.2, 0) is 16.0 Å². The zero-order valence-electron chi connectivity index (χ0n) is 25.1. The Balaban J connectivity index is 1.86. The van der Waals surface area contributed by atoms with Crippen LogP contribution in [0.1, 0.15) is 76.8 Å². The molecule has 2 heterocycles. The van der Waals surface area contributed by atoms with Crippen LogP contribution >= 0.6 is 0 Å². The van der Waals surface area contributed by atoms with E-state index >= 15 is 0 Å². The van der Waals surface area contributed by atoms with E-state index in [1.807, 2.05) is 30.0 Å². The number of rotatable bonds is 15. The van der Waals surface area contributed by atoms with E-state index in [0.717, 1.165) is 68.6 Å². The maximum absolute atomic E-state index is 13.7. The summed E-state index contributed by atoms with van der Waals surface area (Å²) in [5, 5.41) is 10.5. The number of likely N-dealkylation sites (tertiary alicyclic amines) is 1. The molecule has 0 unspecified atom stereocenters. The van der Waals surface area contributed by atoms with Crippen LogP contribution in [0.2, 0.25) is 0 Å². The lowest BCUT2D eigenvalue weighted by Crippen LogP contribution is -2.46. The number of fused-ring (bicyclic) bond motifs is 1. The molecule has 1 N–H and O–H groups in total. The van der Waals surface area contributed by atoms with Crippen molar-refractivity contribution in [2.24, 2.45) is 11.3 Å². The third-order valence-corrected chi connectivity index (χ3v) is 8.28. The maximum Gasteiger partial charge on any atom is 0.308 e. The van der Waals surface area contributed by atoms with Gasteiger partial charge in [-0.25, -0.2) is 0 Å². The maximum atomic E-state index is 13.7. The Bertz CT molecular complexity index is 990. The summed E-state index contributed by atoms with van der Waals surface area (Å²) in [5.41, 5.74) is 2.02. The SMILES string of the molecule is C/C=C/C(C)(C)C[C@H]1[C@H](C(=O)O)[C@@H](c2ccc3c(c2)CCO3)CN1CC(=O)N(CCCC)CCCCN(C)C. The van der Waals surface area contributed by atoms with Gasteiger partial charge in [0.15, 0.2) is 0 Å². The number of aliphatic carboxylic acids is 1. The van der Waals surface area contributed by atoms with E-state index in [-0.39, 0.29) is 29.8 Å². The molecule has 0 aromatic heterocycles. The number of allylic oxidation sites excluding steroid dienone is 2. The van der Waals surface area contributed by atoms with Gasteiger partial charge in [0, 0.05) is 38.0 Å². The molecular formula is C32H51N3O4. The first kappa shape index (κ1) is 31.2. The summed E-state index contributed by atoms with van der Waals surface area (Å²) in [5.74, 6) is -0.500. The van der Waals surface area contributed by atoms with Crippen molar-refractivity contribution in [1.29, 1.82) is 0 Å². The molecule has 1 aromatic rings. The molecule has 7 nitrogen and oxygen atoms in total. The van der Waals surface area contributed by atoms with Crippen LogP contribution in [-0.4, -0.2) is 91.2 Å². The quantitative estimate of drug-likeness (QED) is 0.247. The summed E-state index contributed by atoms with van der Waals surface area (Å²) in [4.78, 5) is 33.0. The fourth-order valence-electron chi connectivity index (χ4n) is 6.29. The van der Waals surface area contributed by atoms with Crippen LogP contribution in [0.25, 0.3) is 0 Å². The smallest absolute Gasteiger partial charge is 0.308 e. The number of hydrogen-bond donors (Lipinski definition) is 1. The van der Waals surface area contributed by atoms with E-state index in [9.17, 15) is 14.7 Å². The van der Waals surface area contributed by atoms with Gasteiger partial charge >= 0.3 is 5.97 Å². The Morgan fingerprint density at radius 2 is 1.87 bits per heavy atom. The number of amides is 1. The van der Waals surface area contributed by atoms with E-state index in [0.29, 0.717) is 19.6 Å². The number of carbonyl (C=O) groups excluding carboxylic acids is 1. The fourth-order valence-corrected chi connectivity index (χ4v) is 6.29. The Morgan fingerprint density at radius 1 is 1.15 bits per heavy atom. The minimum atomic E-state index is -0.778. The van der Waals surface area contributed by atoms with Gasteiger partial charge in [-0.1, -0.05) is 51.5 Å². The number of ether oxygens (including phenoxy) is 1. The van der Waals surface area contributed by atoms with Gasteiger partial charge < -0.3 is 19.6 Å². The number of unbranched alkanes of at least 4 members (excludes halogenated alkanes) is 2. The van der Waals surface area contributed by atoms with E-state index in [4.69, 9.17) is 4.74 Å². The first-order chi connectivity index (χ1) is 18.6. The van der Waals surface area contributed by atoms with Crippen LogP contribution < -0.4 is 4.74 Å². The number of nitrogens with zero attached hydrogens (tertiary/aromatic N) is 3. The number of carbonyl (C=O) groups is 2. The second-order valence-electron chi connectivity index (χ2n) is 12.4. The molecule has 1 amide bonds. The number of carboxylic acids is 1. The molecule has 39 heavy (non-hydrogen) atoms. The van der Waals surface area contributed by atoms with Gasteiger partial charge in [-0.15, -0.1) is 0 Å². The lowest BCUT2D eigenvalue weighted by molar-refractivity contribution is -0.144. The number of hydrogen-bond acceptors (Lipinski definition) is 5. The predicted molar refractivity (Wildman–Crippen MR) is 157 cm³/mol. The highest BCUT2D eigenvalue weighted by Crippen LogP contribution is 2.43. The second kappa shape index (κ2) is 14.3. The van der Waals surface area contributed by atoms with Crippen LogP contribution in [0.15, 0.2) is 30.4 Å². The summed E-state index contributed by atoms with van der Waals surface area (Å²) in [7, 11) is 4.15. The molecule has 2 aliphatic heterocycles. The molecule has 0 bridgehead atoms. The van der Waals surface area contributed by atoms with E-state index < -0.39 is 11.9 Å². The summed E-state index contributed by atoms with van der Waals surface area (Å²) >= 11 is 0. The van der Waals surface area contributed by atoms with Crippen molar-refractivity contribution < 1.29 is 19.4 Å². The molecule has 0 saturated carbocycles. The second-order valence-corrected chi connectivity index (χ2v) is 12.4. The van der Waals surface area contributed by atoms with Crippen molar-refractivity contribution in [2.45, 2.75) is 78.2 Å². The van der Waals surface area contributed by atoms with Gasteiger partial charge in [-0.05, 0) is 75.9 Å². The molecule has 7 heteroatoms. The van der Waals surface area contributed by atoms with Crippen molar-refractivity contribution in [2.75, 3.05) is 53.4 Å². The summed E-state index contributed by atoms with van der Waals surface area (Å²) in [6.45, 7) is 12.5. The third kappa shape index (κ3) is 8.55. The average Bonchev–Trinajstić information content (AvgIpc) is 3.47. The highest BCUT2D eigenvalue weighted by molar-refractivity contribution is 5.79. The molecule has 0 radical (unpaired) electrons. The van der Waals surface area contributed by atoms with Gasteiger partial charge in [0.2, 0.25) is 5.91 Å². The molecule has 218 valence electrons. The standard InChI is InChI=1S/C32H51N3O4/c1-7-9-17-34(18-11-10-16-33(5)6)29(36)23-35-22-26(24-12-13-28-25(20-24)14-19-39-28)30(31(37)38)27(35)21-32(3,4)15-8-2/h8,12-13,15,20,26-27,30H,7,9-11,14,16-19,21-23H2,1-6H3,(H,37,38)/b15-8+/t26-,27+,30-/m1/s1. The minimum absolute atomic E-state index is 0.120. The van der Waals surface area contributed by atoms with Gasteiger partial charge in [-0.2, -0.15) is 0 Å². The molecule has 0 aliphatic carbocycles. The van der Waals surface area contributed by atoms with Gasteiger partial charge in [0.1, 0.15) is 5.75 Å². The molecule has 3 rings (SSSR count).